The van der Waals surface area contributed by atoms with Crippen molar-refractivity contribution in [3.8, 4) is 11.6 Å². The zero-order valence-corrected chi connectivity index (χ0v) is 12.4. The minimum Gasteiger partial charge on any atom is -0.493 e. The van der Waals surface area contributed by atoms with Gasteiger partial charge in [-0.15, -0.1) is 0 Å². The average molecular weight is 303 g/mol. The maximum absolute atomic E-state index is 13.6. The van der Waals surface area contributed by atoms with Crippen LogP contribution in [0.5, 0.6) is 11.6 Å². The summed E-state index contributed by atoms with van der Waals surface area (Å²) in [5.41, 5.74) is 0. The van der Waals surface area contributed by atoms with Crippen LogP contribution in [-0.2, 0) is 0 Å². The molecule has 2 aromatic rings. The molecule has 0 spiro atoms. The van der Waals surface area contributed by atoms with Gasteiger partial charge in [0.15, 0.2) is 17.4 Å². The van der Waals surface area contributed by atoms with Gasteiger partial charge in [0.05, 0.1) is 7.11 Å². The van der Waals surface area contributed by atoms with E-state index >= 15 is 0 Å². The van der Waals surface area contributed by atoms with Crippen LogP contribution in [0.3, 0.4) is 0 Å². The van der Waals surface area contributed by atoms with E-state index in [9.17, 15) is 4.39 Å². The van der Waals surface area contributed by atoms with Crippen LogP contribution in [0.2, 0.25) is 0 Å². The number of ether oxygens (including phenoxy) is 2. The number of hydrogen-bond donors (Lipinski definition) is 0. The molecule has 3 heterocycles. The number of anilines is 1. The molecule has 1 fully saturated rings. The topological polar surface area (TPSA) is 47.5 Å². The highest BCUT2D eigenvalue weighted by Crippen LogP contribution is 2.28. The van der Waals surface area contributed by atoms with Crippen LogP contribution in [0.25, 0.3) is 0 Å². The van der Waals surface area contributed by atoms with E-state index in [4.69, 9.17) is 9.47 Å². The molecule has 1 saturated heterocycles. The van der Waals surface area contributed by atoms with Crippen LogP contribution in [0.15, 0.2) is 36.7 Å². The van der Waals surface area contributed by atoms with Gasteiger partial charge in [0, 0.05) is 38.3 Å². The molecule has 2 aromatic heterocycles. The van der Waals surface area contributed by atoms with E-state index in [-0.39, 0.29) is 12.0 Å². The highest BCUT2D eigenvalue weighted by molar-refractivity contribution is 5.52. The summed E-state index contributed by atoms with van der Waals surface area (Å²) >= 11 is 0. The minimum atomic E-state index is -0.420. The molecule has 0 amide bonds. The lowest BCUT2D eigenvalue weighted by Gasteiger charge is -2.33. The predicted molar refractivity (Wildman–Crippen MR) is 80.8 cm³/mol. The van der Waals surface area contributed by atoms with Crippen LogP contribution >= 0.6 is 0 Å². The fraction of sp³-hybridized carbons (Fsp3) is 0.375. The van der Waals surface area contributed by atoms with Crippen molar-refractivity contribution in [2.75, 3.05) is 25.1 Å². The number of methoxy groups -OCH3 is 1. The van der Waals surface area contributed by atoms with Gasteiger partial charge < -0.3 is 14.4 Å². The molecule has 0 aliphatic carbocycles. The van der Waals surface area contributed by atoms with Crippen molar-refractivity contribution in [3.05, 3.63) is 42.5 Å². The summed E-state index contributed by atoms with van der Waals surface area (Å²) in [5.74, 6) is 1.26. The van der Waals surface area contributed by atoms with Gasteiger partial charge in [-0.05, 0) is 24.3 Å². The van der Waals surface area contributed by atoms with Gasteiger partial charge in [0.25, 0.3) is 5.88 Å². The summed E-state index contributed by atoms with van der Waals surface area (Å²) in [6, 6.07) is 6.66. The quantitative estimate of drug-likeness (QED) is 0.869. The first-order valence-electron chi connectivity index (χ1n) is 7.29. The number of aromatic nitrogens is 2. The van der Waals surface area contributed by atoms with Crippen molar-refractivity contribution in [2.45, 2.75) is 18.9 Å². The summed E-state index contributed by atoms with van der Waals surface area (Å²) in [7, 11) is 1.64. The first-order chi connectivity index (χ1) is 10.8. The Morgan fingerprint density at radius 3 is 2.59 bits per heavy atom. The molecule has 1 aliphatic rings. The Kier molecular flexibility index (Phi) is 4.37. The summed E-state index contributed by atoms with van der Waals surface area (Å²) < 4.78 is 24.6. The van der Waals surface area contributed by atoms with Gasteiger partial charge in [-0.1, -0.05) is 0 Å². The van der Waals surface area contributed by atoms with E-state index < -0.39 is 5.82 Å². The number of rotatable bonds is 4. The lowest BCUT2D eigenvalue weighted by Crippen LogP contribution is -2.39. The third-order valence-electron chi connectivity index (χ3n) is 3.72. The van der Waals surface area contributed by atoms with Crippen molar-refractivity contribution >= 4 is 5.82 Å². The Labute approximate surface area is 128 Å². The third-order valence-corrected chi connectivity index (χ3v) is 3.72. The smallest absolute Gasteiger partial charge is 0.250 e. The minimum absolute atomic E-state index is 0.0321. The Morgan fingerprint density at radius 2 is 1.86 bits per heavy atom. The Morgan fingerprint density at radius 1 is 1.14 bits per heavy atom. The maximum Gasteiger partial charge on any atom is 0.250 e. The third kappa shape index (κ3) is 3.10. The largest absolute Gasteiger partial charge is 0.493 e. The maximum atomic E-state index is 13.6. The Hall–Kier alpha value is -2.37. The first kappa shape index (κ1) is 14.6. The van der Waals surface area contributed by atoms with Crippen molar-refractivity contribution in [1.82, 2.24) is 9.97 Å². The van der Waals surface area contributed by atoms with Crippen molar-refractivity contribution in [2.24, 2.45) is 0 Å². The first-order valence-corrected chi connectivity index (χ1v) is 7.29. The number of halogens is 1. The highest BCUT2D eigenvalue weighted by Gasteiger charge is 2.24. The zero-order valence-electron chi connectivity index (χ0n) is 12.4. The van der Waals surface area contributed by atoms with Crippen LogP contribution in [0.4, 0.5) is 10.2 Å². The van der Waals surface area contributed by atoms with E-state index in [1.807, 2.05) is 12.1 Å². The van der Waals surface area contributed by atoms with Crippen molar-refractivity contribution in [1.29, 1.82) is 0 Å². The molecule has 0 aromatic carbocycles. The molecule has 0 saturated carbocycles. The molecular formula is C16H18FN3O2. The van der Waals surface area contributed by atoms with Crippen LogP contribution in [-0.4, -0.2) is 36.3 Å². The van der Waals surface area contributed by atoms with Gasteiger partial charge in [-0.3, -0.25) is 0 Å². The molecule has 3 rings (SSSR count). The lowest BCUT2D eigenvalue weighted by atomic mass is 10.1. The molecule has 0 atom stereocenters. The average Bonchev–Trinajstić information content (AvgIpc) is 2.58. The molecule has 116 valence electrons. The molecule has 0 N–H and O–H groups in total. The summed E-state index contributed by atoms with van der Waals surface area (Å²) in [6.07, 6.45) is 4.83. The van der Waals surface area contributed by atoms with Crippen LogP contribution in [0.1, 0.15) is 12.8 Å². The SMILES string of the molecule is COc1cccnc1N1CCC(Oc2ncccc2F)CC1. The number of nitrogens with zero attached hydrogens (tertiary/aromatic N) is 3. The second-order valence-corrected chi connectivity index (χ2v) is 5.12. The zero-order chi connectivity index (χ0) is 15.4. The molecule has 0 bridgehead atoms. The molecule has 5 nitrogen and oxygen atoms in total. The van der Waals surface area contributed by atoms with Gasteiger partial charge in [0.2, 0.25) is 0 Å². The fourth-order valence-corrected chi connectivity index (χ4v) is 2.58. The Balaban J connectivity index is 1.62. The number of piperidine rings is 1. The van der Waals surface area contributed by atoms with Gasteiger partial charge in [0.1, 0.15) is 6.10 Å². The van der Waals surface area contributed by atoms with E-state index in [0.717, 1.165) is 37.5 Å². The van der Waals surface area contributed by atoms with Gasteiger partial charge in [-0.25, -0.2) is 14.4 Å². The summed E-state index contributed by atoms with van der Waals surface area (Å²) in [4.78, 5) is 10.5. The standard InChI is InChI=1S/C16H18FN3O2/c1-21-14-5-3-8-18-15(14)20-10-6-12(7-11-20)22-16-13(17)4-2-9-19-16/h2-5,8-9,12H,6-7,10-11H2,1H3. The second-order valence-electron chi connectivity index (χ2n) is 5.12. The van der Waals surface area contributed by atoms with E-state index in [0.29, 0.717) is 0 Å². The monoisotopic (exact) mass is 303 g/mol. The molecule has 0 radical (unpaired) electrons. The highest BCUT2D eigenvalue weighted by atomic mass is 19.1. The van der Waals surface area contributed by atoms with Gasteiger partial charge in [-0.2, -0.15) is 0 Å². The molecular weight excluding hydrogens is 285 g/mol. The second kappa shape index (κ2) is 6.60. The molecule has 6 heteroatoms. The van der Waals surface area contributed by atoms with Gasteiger partial charge >= 0.3 is 0 Å². The van der Waals surface area contributed by atoms with E-state index in [1.165, 1.54) is 12.3 Å². The van der Waals surface area contributed by atoms with E-state index in [2.05, 4.69) is 14.9 Å². The normalized spacial score (nSPS) is 15.6. The van der Waals surface area contributed by atoms with Crippen LogP contribution in [0, 0.1) is 5.82 Å². The van der Waals surface area contributed by atoms with Crippen LogP contribution < -0.4 is 14.4 Å². The molecule has 0 unspecified atom stereocenters. The summed E-state index contributed by atoms with van der Waals surface area (Å²) in [5, 5.41) is 0. The summed E-state index contributed by atoms with van der Waals surface area (Å²) in [6.45, 7) is 1.57. The molecule has 22 heavy (non-hydrogen) atoms. The predicted octanol–water partition coefficient (Wildman–Crippen LogP) is 2.67. The molecule has 1 aliphatic heterocycles. The lowest BCUT2D eigenvalue weighted by molar-refractivity contribution is 0.156. The van der Waals surface area contributed by atoms with Crippen molar-refractivity contribution < 1.29 is 13.9 Å². The fourth-order valence-electron chi connectivity index (χ4n) is 2.58. The Bertz CT molecular complexity index is 630. The van der Waals surface area contributed by atoms with E-state index in [1.54, 1.807) is 19.4 Å². The number of hydrogen-bond acceptors (Lipinski definition) is 5. The number of pyridine rings is 2. The van der Waals surface area contributed by atoms with Crippen molar-refractivity contribution in [3.63, 3.8) is 0 Å².